The molecule has 1 aliphatic rings. The maximum atomic E-state index is 11.4. The van der Waals surface area contributed by atoms with Crippen molar-refractivity contribution in [3.05, 3.63) is 29.8 Å². The summed E-state index contributed by atoms with van der Waals surface area (Å²) in [6.07, 6.45) is 0.606. The molecule has 0 amide bonds. The monoisotopic (exact) mass is 265 g/mol. The van der Waals surface area contributed by atoms with Crippen LogP contribution >= 0.6 is 0 Å². The molecule has 0 aliphatic carbocycles. The van der Waals surface area contributed by atoms with E-state index in [1.54, 1.807) is 12.1 Å². The van der Waals surface area contributed by atoms with Crippen molar-refractivity contribution in [1.29, 1.82) is 5.26 Å². The molecule has 2 rings (SSSR count). The molecule has 1 heterocycles. The van der Waals surface area contributed by atoms with E-state index in [1.165, 1.54) is 0 Å². The van der Waals surface area contributed by atoms with Crippen molar-refractivity contribution in [3.63, 3.8) is 0 Å². The Balaban J connectivity index is 2.07. The molecule has 6 heteroatoms. The van der Waals surface area contributed by atoms with Gasteiger partial charge >= 0.3 is 0 Å². The molecule has 1 N–H and O–H groups in total. The van der Waals surface area contributed by atoms with Crippen molar-refractivity contribution in [2.24, 2.45) is 0 Å². The van der Waals surface area contributed by atoms with Crippen molar-refractivity contribution >= 4 is 15.7 Å². The second kappa shape index (κ2) is 5.38. The summed E-state index contributed by atoms with van der Waals surface area (Å²) in [6.45, 7) is 1.78. The maximum Gasteiger partial charge on any atom is 0.211 e. The molecule has 0 atom stereocenters. The van der Waals surface area contributed by atoms with Gasteiger partial charge in [-0.05, 0) is 30.7 Å². The highest BCUT2D eigenvalue weighted by Gasteiger charge is 2.16. The Hall–Kier alpha value is -1.58. The van der Waals surface area contributed by atoms with E-state index < -0.39 is 10.0 Å². The first-order valence-corrected chi connectivity index (χ1v) is 7.48. The number of benzene rings is 1. The molecule has 1 aromatic rings. The van der Waals surface area contributed by atoms with Gasteiger partial charge in [0.25, 0.3) is 0 Å². The summed E-state index contributed by atoms with van der Waals surface area (Å²) in [6, 6.07) is 9.43. The van der Waals surface area contributed by atoms with Gasteiger partial charge in [-0.2, -0.15) is 5.26 Å². The van der Waals surface area contributed by atoms with E-state index >= 15 is 0 Å². The molecule has 0 unspecified atom stereocenters. The van der Waals surface area contributed by atoms with Crippen LogP contribution in [-0.2, 0) is 10.0 Å². The Bertz CT molecular complexity index is 530. The third-order valence-electron chi connectivity index (χ3n) is 2.91. The molecule has 0 radical (unpaired) electrons. The number of nitrogens with zero attached hydrogens (tertiary/aromatic N) is 2. The van der Waals surface area contributed by atoms with Crippen molar-refractivity contribution in [3.8, 4) is 6.07 Å². The topological polar surface area (TPSA) is 73.2 Å². The van der Waals surface area contributed by atoms with Gasteiger partial charge in [-0.25, -0.2) is 13.1 Å². The fourth-order valence-electron chi connectivity index (χ4n) is 1.97. The Kier molecular flexibility index (Phi) is 3.84. The zero-order valence-corrected chi connectivity index (χ0v) is 10.8. The zero-order chi connectivity index (χ0) is 13.0. The highest BCUT2D eigenvalue weighted by Crippen LogP contribution is 2.16. The van der Waals surface area contributed by atoms with Crippen LogP contribution < -0.4 is 9.62 Å². The van der Waals surface area contributed by atoms with Crippen molar-refractivity contribution in [2.75, 3.05) is 30.3 Å². The van der Waals surface area contributed by atoms with Crippen LogP contribution in [0.3, 0.4) is 0 Å². The molecule has 5 nitrogen and oxygen atoms in total. The van der Waals surface area contributed by atoms with Crippen LogP contribution in [0.1, 0.15) is 12.0 Å². The highest BCUT2D eigenvalue weighted by molar-refractivity contribution is 7.89. The van der Waals surface area contributed by atoms with Crippen LogP contribution in [0, 0.1) is 11.3 Å². The van der Waals surface area contributed by atoms with Gasteiger partial charge in [-0.3, -0.25) is 0 Å². The first-order valence-electron chi connectivity index (χ1n) is 5.83. The third-order valence-corrected chi connectivity index (χ3v) is 4.38. The smallest absolute Gasteiger partial charge is 0.211 e. The largest absolute Gasteiger partial charge is 0.370 e. The van der Waals surface area contributed by atoms with Crippen molar-refractivity contribution in [1.82, 2.24) is 4.72 Å². The van der Waals surface area contributed by atoms with E-state index in [4.69, 9.17) is 5.26 Å². The molecule has 1 saturated heterocycles. The third kappa shape index (κ3) is 3.22. The van der Waals surface area contributed by atoms with Gasteiger partial charge in [-0.15, -0.1) is 0 Å². The van der Waals surface area contributed by atoms with E-state index in [2.05, 4.69) is 15.7 Å². The molecule has 0 spiro atoms. The molecular formula is C12H15N3O2S. The predicted molar refractivity (Wildman–Crippen MR) is 69.8 cm³/mol. The second-order valence-electron chi connectivity index (χ2n) is 4.21. The summed E-state index contributed by atoms with van der Waals surface area (Å²) in [5.41, 5.74) is 1.65. The average Bonchev–Trinajstić information content (AvgIpc) is 2.34. The Morgan fingerprint density at radius 2 is 1.94 bits per heavy atom. The lowest BCUT2D eigenvalue weighted by atomic mass is 10.2. The van der Waals surface area contributed by atoms with Crippen molar-refractivity contribution < 1.29 is 8.42 Å². The van der Waals surface area contributed by atoms with Gasteiger partial charge in [0, 0.05) is 25.3 Å². The quantitative estimate of drug-likeness (QED) is 0.810. The Labute approximate surface area is 107 Å². The molecule has 0 bridgehead atoms. The number of anilines is 1. The van der Waals surface area contributed by atoms with E-state index in [0.29, 0.717) is 31.6 Å². The summed E-state index contributed by atoms with van der Waals surface area (Å²) in [7, 11) is -3.08. The lowest BCUT2D eigenvalue weighted by Gasteiger charge is -2.27. The summed E-state index contributed by atoms with van der Waals surface area (Å²) in [5, 5.41) is 8.74. The molecule has 1 aromatic carbocycles. The lowest BCUT2D eigenvalue weighted by Crippen LogP contribution is -2.40. The number of sulfonamides is 1. The molecule has 18 heavy (non-hydrogen) atoms. The van der Waals surface area contributed by atoms with Crippen LogP contribution in [0.5, 0.6) is 0 Å². The average molecular weight is 265 g/mol. The first-order chi connectivity index (χ1) is 8.61. The molecule has 96 valence electrons. The van der Waals surface area contributed by atoms with E-state index in [-0.39, 0.29) is 5.75 Å². The summed E-state index contributed by atoms with van der Waals surface area (Å²) in [4.78, 5) is 2.13. The highest BCUT2D eigenvalue weighted by atomic mass is 32.2. The number of nitriles is 1. The first kappa shape index (κ1) is 12.9. The SMILES string of the molecule is N#Cc1ccc(N2CCCS(=O)(=O)NCC2)cc1. The molecule has 0 saturated carbocycles. The predicted octanol–water partition coefficient (Wildman–Crippen LogP) is 0.688. The van der Waals surface area contributed by atoms with Crippen LogP contribution in [0.25, 0.3) is 0 Å². The fourth-order valence-corrected chi connectivity index (χ4v) is 3.03. The zero-order valence-electron chi connectivity index (χ0n) is 9.96. The number of hydrogen-bond donors (Lipinski definition) is 1. The van der Waals surface area contributed by atoms with Crippen LogP contribution in [-0.4, -0.2) is 33.8 Å². The standard InChI is InChI=1S/C12H15N3O2S/c13-10-11-2-4-12(5-3-11)15-7-1-9-18(16,17)14-6-8-15/h2-5,14H,1,6-9H2. The molecule has 0 aromatic heterocycles. The summed E-state index contributed by atoms with van der Waals surface area (Å²) >= 11 is 0. The molecular weight excluding hydrogens is 250 g/mol. The fraction of sp³-hybridized carbons (Fsp3) is 0.417. The van der Waals surface area contributed by atoms with E-state index in [1.807, 2.05) is 12.1 Å². The minimum Gasteiger partial charge on any atom is -0.370 e. The van der Waals surface area contributed by atoms with Gasteiger partial charge in [0.2, 0.25) is 10.0 Å². The van der Waals surface area contributed by atoms with E-state index in [0.717, 1.165) is 5.69 Å². The van der Waals surface area contributed by atoms with Gasteiger partial charge in [-0.1, -0.05) is 0 Å². The minimum absolute atomic E-state index is 0.166. The maximum absolute atomic E-state index is 11.4. The van der Waals surface area contributed by atoms with Gasteiger partial charge in [0.15, 0.2) is 0 Å². The van der Waals surface area contributed by atoms with E-state index in [9.17, 15) is 8.42 Å². The number of nitrogens with one attached hydrogen (secondary N) is 1. The Morgan fingerprint density at radius 1 is 1.22 bits per heavy atom. The van der Waals surface area contributed by atoms with Gasteiger partial charge in [0.05, 0.1) is 17.4 Å². The number of hydrogen-bond acceptors (Lipinski definition) is 4. The summed E-state index contributed by atoms with van der Waals surface area (Å²) < 4.78 is 25.3. The minimum atomic E-state index is -3.08. The van der Waals surface area contributed by atoms with Crippen molar-refractivity contribution in [2.45, 2.75) is 6.42 Å². The molecule has 1 fully saturated rings. The molecule has 1 aliphatic heterocycles. The van der Waals surface area contributed by atoms with Crippen LogP contribution in [0.2, 0.25) is 0 Å². The summed E-state index contributed by atoms with van der Waals surface area (Å²) in [5.74, 6) is 0.166. The van der Waals surface area contributed by atoms with Gasteiger partial charge in [0.1, 0.15) is 0 Å². The normalized spacial score (nSPS) is 19.6. The second-order valence-corrected chi connectivity index (χ2v) is 6.14. The number of rotatable bonds is 1. The van der Waals surface area contributed by atoms with Crippen LogP contribution in [0.4, 0.5) is 5.69 Å². The van der Waals surface area contributed by atoms with Gasteiger partial charge < -0.3 is 4.90 Å². The van der Waals surface area contributed by atoms with Crippen LogP contribution in [0.15, 0.2) is 24.3 Å². The Morgan fingerprint density at radius 3 is 2.61 bits per heavy atom. The lowest BCUT2D eigenvalue weighted by molar-refractivity contribution is 0.570.